The number of amides is 1. The summed E-state index contributed by atoms with van der Waals surface area (Å²) in [6.07, 6.45) is 2.15. The molecule has 110 valence electrons. The van der Waals surface area contributed by atoms with Crippen molar-refractivity contribution in [1.29, 1.82) is 0 Å². The molecule has 0 aliphatic heterocycles. The molecule has 0 aromatic carbocycles. The van der Waals surface area contributed by atoms with Crippen molar-refractivity contribution in [3.8, 4) is 0 Å². The van der Waals surface area contributed by atoms with E-state index < -0.39 is 27.3 Å². The summed E-state index contributed by atoms with van der Waals surface area (Å²) in [4.78, 5) is 22.0. The van der Waals surface area contributed by atoms with E-state index in [1.807, 2.05) is 0 Å². The lowest BCUT2D eigenvalue weighted by Gasteiger charge is -2.10. The molecular weight excluding hydrogens is 286 g/mol. The van der Waals surface area contributed by atoms with Crippen molar-refractivity contribution in [2.24, 2.45) is 18.2 Å². The van der Waals surface area contributed by atoms with Crippen molar-refractivity contribution in [3.05, 3.63) is 18.0 Å². The highest BCUT2D eigenvalue weighted by molar-refractivity contribution is 7.89. The van der Waals surface area contributed by atoms with E-state index in [1.165, 1.54) is 17.8 Å². The molecule has 1 aromatic heterocycles. The Morgan fingerprint density at radius 3 is 2.50 bits per heavy atom. The van der Waals surface area contributed by atoms with Crippen molar-refractivity contribution in [1.82, 2.24) is 9.29 Å². The van der Waals surface area contributed by atoms with E-state index in [2.05, 4.69) is 4.72 Å². The third-order valence-electron chi connectivity index (χ3n) is 3.45. The lowest BCUT2D eigenvalue weighted by molar-refractivity contribution is -0.143. The number of rotatable bonds is 6. The van der Waals surface area contributed by atoms with Crippen LogP contribution < -0.4 is 10.5 Å². The zero-order valence-corrected chi connectivity index (χ0v) is 11.6. The summed E-state index contributed by atoms with van der Waals surface area (Å²) in [5, 5.41) is 8.99. The van der Waals surface area contributed by atoms with Gasteiger partial charge in [-0.05, 0) is 18.9 Å². The summed E-state index contributed by atoms with van der Waals surface area (Å²) >= 11 is 0. The number of carbonyl (C=O) groups is 2. The summed E-state index contributed by atoms with van der Waals surface area (Å²) in [6, 6.07) is 1.16. The number of carboxylic acids is 1. The SMILES string of the molecule is Cn1cc(S(=O)(=O)NCC2(C(=O)O)CC2)cc1C(N)=O. The van der Waals surface area contributed by atoms with Gasteiger partial charge in [-0.3, -0.25) is 9.59 Å². The smallest absolute Gasteiger partial charge is 0.310 e. The van der Waals surface area contributed by atoms with Gasteiger partial charge in [0.15, 0.2) is 0 Å². The maximum atomic E-state index is 12.0. The predicted octanol–water partition coefficient (Wildman–Crippen LogP) is -0.733. The molecule has 8 nitrogen and oxygen atoms in total. The standard InChI is InChI=1S/C11H15N3O5S/c1-14-5-7(4-8(14)9(12)15)20(18,19)13-6-11(2-3-11)10(16)17/h4-5,13H,2-3,6H2,1H3,(H2,12,15)(H,16,17). The number of aryl methyl sites for hydroxylation is 1. The molecule has 0 unspecified atom stereocenters. The van der Waals surface area contributed by atoms with E-state index in [-0.39, 0.29) is 17.1 Å². The monoisotopic (exact) mass is 301 g/mol. The zero-order chi connectivity index (χ0) is 15.1. The van der Waals surface area contributed by atoms with Crippen LogP contribution in [-0.4, -0.2) is 36.5 Å². The summed E-state index contributed by atoms with van der Waals surface area (Å²) < 4.78 is 27.7. The first-order valence-electron chi connectivity index (χ1n) is 5.87. The normalized spacial score (nSPS) is 16.9. The molecule has 2 rings (SSSR count). The maximum Gasteiger partial charge on any atom is 0.310 e. The Morgan fingerprint density at radius 1 is 1.50 bits per heavy atom. The van der Waals surface area contributed by atoms with E-state index >= 15 is 0 Å². The molecule has 0 spiro atoms. The lowest BCUT2D eigenvalue weighted by atomic mass is 10.1. The number of nitrogens with one attached hydrogen (secondary N) is 1. The fourth-order valence-corrected chi connectivity index (χ4v) is 3.06. The summed E-state index contributed by atoms with van der Waals surface area (Å²) in [5.74, 6) is -1.75. The van der Waals surface area contributed by atoms with Crippen molar-refractivity contribution < 1.29 is 23.1 Å². The summed E-state index contributed by atoms with van der Waals surface area (Å²) in [5.41, 5.74) is 4.18. The van der Waals surface area contributed by atoms with Gasteiger partial charge in [-0.15, -0.1) is 0 Å². The first-order valence-corrected chi connectivity index (χ1v) is 7.35. The number of hydrogen-bond donors (Lipinski definition) is 3. The van der Waals surface area contributed by atoms with E-state index in [0.717, 1.165) is 6.07 Å². The average Bonchev–Trinajstić information content (AvgIpc) is 3.03. The second-order valence-electron chi connectivity index (χ2n) is 4.95. The Morgan fingerprint density at radius 2 is 2.10 bits per heavy atom. The van der Waals surface area contributed by atoms with Crippen LogP contribution in [0.25, 0.3) is 0 Å². The minimum atomic E-state index is -3.86. The van der Waals surface area contributed by atoms with Crippen LogP contribution in [0.5, 0.6) is 0 Å². The van der Waals surface area contributed by atoms with Crippen molar-refractivity contribution in [3.63, 3.8) is 0 Å². The Balaban J connectivity index is 2.17. The molecule has 4 N–H and O–H groups in total. The lowest BCUT2D eigenvalue weighted by Crippen LogP contribution is -2.34. The molecular formula is C11H15N3O5S. The molecule has 9 heteroatoms. The number of hydrogen-bond acceptors (Lipinski definition) is 4. The van der Waals surface area contributed by atoms with Crippen LogP contribution in [0.2, 0.25) is 0 Å². The summed E-state index contributed by atoms with van der Waals surface area (Å²) in [6.45, 7) is -0.161. The van der Waals surface area contributed by atoms with Gasteiger partial charge < -0.3 is 15.4 Å². The van der Waals surface area contributed by atoms with Gasteiger partial charge in [-0.1, -0.05) is 0 Å². The number of sulfonamides is 1. The number of carbonyl (C=O) groups excluding carboxylic acids is 1. The molecule has 1 saturated carbocycles. The Labute approximate surface area is 115 Å². The van der Waals surface area contributed by atoms with Crippen LogP contribution in [0.3, 0.4) is 0 Å². The van der Waals surface area contributed by atoms with Gasteiger partial charge in [0.1, 0.15) is 10.6 Å². The molecule has 1 aliphatic rings. The number of nitrogens with two attached hydrogens (primary N) is 1. The Kier molecular flexibility index (Phi) is 3.34. The van der Waals surface area contributed by atoms with E-state index in [1.54, 1.807) is 0 Å². The number of carboxylic acid groups (broad SMARTS) is 1. The Hall–Kier alpha value is -1.87. The molecule has 1 aliphatic carbocycles. The topological polar surface area (TPSA) is 131 Å². The minimum Gasteiger partial charge on any atom is -0.481 e. The average molecular weight is 301 g/mol. The van der Waals surface area contributed by atoms with Crippen LogP contribution in [0, 0.1) is 5.41 Å². The fraction of sp³-hybridized carbons (Fsp3) is 0.455. The minimum absolute atomic E-state index is 0.0599. The van der Waals surface area contributed by atoms with Gasteiger partial charge in [-0.25, -0.2) is 13.1 Å². The fourth-order valence-electron chi connectivity index (χ4n) is 1.86. The third kappa shape index (κ3) is 2.54. The van der Waals surface area contributed by atoms with Crippen LogP contribution in [0.15, 0.2) is 17.2 Å². The molecule has 0 saturated heterocycles. The molecule has 20 heavy (non-hydrogen) atoms. The van der Waals surface area contributed by atoms with Crippen LogP contribution in [-0.2, 0) is 21.9 Å². The zero-order valence-electron chi connectivity index (χ0n) is 10.8. The molecule has 1 heterocycles. The molecule has 0 bridgehead atoms. The first kappa shape index (κ1) is 14.5. The second kappa shape index (κ2) is 4.60. The highest BCUT2D eigenvalue weighted by Crippen LogP contribution is 2.45. The van der Waals surface area contributed by atoms with Gasteiger partial charge in [0.25, 0.3) is 5.91 Å². The second-order valence-corrected chi connectivity index (χ2v) is 6.71. The van der Waals surface area contributed by atoms with Crippen LogP contribution >= 0.6 is 0 Å². The first-order chi connectivity index (χ1) is 9.18. The van der Waals surface area contributed by atoms with E-state index in [9.17, 15) is 18.0 Å². The van der Waals surface area contributed by atoms with Gasteiger partial charge in [0, 0.05) is 19.8 Å². The Bertz CT molecular complexity index is 672. The van der Waals surface area contributed by atoms with Crippen LogP contribution in [0.4, 0.5) is 0 Å². The quantitative estimate of drug-likeness (QED) is 0.637. The largest absolute Gasteiger partial charge is 0.481 e. The highest BCUT2D eigenvalue weighted by Gasteiger charge is 2.50. The van der Waals surface area contributed by atoms with Crippen LogP contribution in [0.1, 0.15) is 23.3 Å². The predicted molar refractivity (Wildman–Crippen MR) is 68.4 cm³/mol. The number of aromatic nitrogens is 1. The maximum absolute atomic E-state index is 12.0. The molecule has 1 aromatic rings. The number of nitrogens with zero attached hydrogens (tertiary/aromatic N) is 1. The third-order valence-corrected chi connectivity index (χ3v) is 4.82. The summed E-state index contributed by atoms with van der Waals surface area (Å²) in [7, 11) is -2.37. The van der Waals surface area contributed by atoms with Crippen molar-refractivity contribution >= 4 is 21.9 Å². The van der Waals surface area contributed by atoms with Gasteiger partial charge in [0.05, 0.1) is 5.41 Å². The van der Waals surface area contributed by atoms with Gasteiger partial charge in [0.2, 0.25) is 10.0 Å². The van der Waals surface area contributed by atoms with Crippen molar-refractivity contribution in [2.45, 2.75) is 17.7 Å². The van der Waals surface area contributed by atoms with Crippen molar-refractivity contribution in [2.75, 3.05) is 6.54 Å². The molecule has 0 radical (unpaired) electrons. The number of primary amides is 1. The van der Waals surface area contributed by atoms with E-state index in [4.69, 9.17) is 10.8 Å². The van der Waals surface area contributed by atoms with Gasteiger partial charge in [-0.2, -0.15) is 0 Å². The number of aliphatic carboxylic acids is 1. The molecule has 0 atom stereocenters. The van der Waals surface area contributed by atoms with E-state index in [0.29, 0.717) is 12.8 Å². The van der Waals surface area contributed by atoms with Gasteiger partial charge >= 0.3 is 5.97 Å². The molecule has 1 amide bonds. The highest BCUT2D eigenvalue weighted by atomic mass is 32.2. The molecule has 1 fully saturated rings.